The van der Waals surface area contributed by atoms with Gasteiger partial charge in [0.25, 0.3) is 0 Å². The van der Waals surface area contributed by atoms with E-state index in [-0.39, 0.29) is 30.9 Å². The third-order valence-electron chi connectivity index (χ3n) is 3.15. The lowest BCUT2D eigenvalue weighted by Crippen LogP contribution is -2.43. The van der Waals surface area contributed by atoms with Gasteiger partial charge >= 0.3 is 5.97 Å². The lowest BCUT2D eigenvalue weighted by Gasteiger charge is -2.29. The number of methoxy groups -OCH3 is 1. The summed E-state index contributed by atoms with van der Waals surface area (Å²) in [7, 11) is 3.19. The van der Waals surface area contributed by atoms with Gasteiger partial charge in [0, 0.05) is 18.3 Å². The van der Waals surface area contributed by atoms with Crippen molar-refractivity contribution in [2.75, 3.05) is 32.1 Å². The summed E-state index contributed by atoms with van der Waals surface area (Å²) < 4.78 is 4.60. The molecule has 0 aliphatic heterocycles. The SMILES string of the molecule is COC(=O)CCN(C)CC(=O)N(c1ccccc1)C(C)C. The minimum Gasteiger partial charge on any atom is -0.469 e. The molecule has 0 atom stereocenters. The minimum absolute atomic E-state index is 0.0172. The van der Waals surface area contributed by atoms with Crippen molar-refractivity contribution in [1.29, 1.82) is 0 Å². The standard InChI is InChI=1S/C16H24N2O3/c1-13(2)18(14-8-6-5-7-9-14)15(19)12-17(3)11-10-16(20)21-4/h5-9,13H,10-12H2,1-4H3. The van der Waals surface area contributed by atoms with Gasteiger partial charge in [-0.15, -0.1) is 0 Å². The summed E-state index contributed by atoms with van der Waals surface area (Å²) in [5.41, 5.74) is 0.888. The van der Waals surface area contributed by atoms with Crippen LogP contribution in [0.25, 0.3) is 0 Å². The van der Waals surface area contributed by atoms with Gasteiger partial charge in [-0.3, -0.25) is 14.5 Å². The lowest BCUT2D eigenvalue weighted by molar-refractivity contribution is -0.141. The average molecular weight is 292 g/mol. The van der Waals surface area contributed by atoms with Crippen molar-refractivity contribution in [3.63, 3.8) is 0 Å². The highest BCUT2D eigenvalue weighted by molar-refractivity contribution is 5.95. The molecule has 0 fully saturated rings. The first-order valence-electron chi connectivity index (χ1n) is 7.08. The van der Waals surface area contributed by atoms with Crippen molar-refractivity contribution in [1.82, 2.24) is 4.90 Å². The number of benzene rings is 1. The second-order valence-electron chi connectivity index (χ2n) is 5.26. The molecule has 0 heterocycles. The molecule has 1 aromatic rings. The van der Waals surface area contributed by atoms with E-state index in [0.29, 0.717) is 6.54 Å². The molecule has 1 rings (SSSR count). The van der Waals surface area contributed by atoms with E-state index in [2.05, 4.69) is 4.74 Å². The van der Waals surface area contributed by atoms with Gasteiger partial charge in [0.2, 0.25) is 5.91 Å². The molecule has 0 bridgehead atoms. The van der Waals surface area contributed by atoms with Crippen LogP contribution in [-0.4, -0.2) is 50.1 Å². The molecule has 0 aliphatic carbocycles. The molecular formula is C16H24N2O3. The number of hydrogen-bond donors (Lipinski definition) is 0. The second kappa shape index (κ2) is 8.42. The predicted octanol–water partition coefficient (Wildman–Crippen LogP) is 1.92. The highest BCUT2D eigenvalue weighted by Crippen LogP contribution is 2.16. The van der Waals surface area contributed by atoms with Crippen LogP contribution < -0.4 is 4.90 Å². The monoisotopic (exact) mass is 292 g/mol. The van der Waals surface area contributed by atoms with Crippen LogP contribution in [0.3, 0.4) is 0 Å². The maximum atomic E-state index is 12.5. The molecule has 116 valence electrons. The minimum atomic E-state index is -0.266. The number of carbonyl (C=O) groups is 2. The van der Waals surface area contributed by atoms with Gasteiger partial charge in [-0.25, -0.2) is 0 Å². The number of esters is 1. The zero-order valence-corrected chi connectivity index (χ0v) is 13.2. The number of likely N-dealkylation sites (N-methyl/N-ethyl adjacent to an activating group) is 1. The molecule has 0 saturated heterocycles. The maximum Gasteiger partial charge on any atom is 0.306 e. The molecule has 0 unspecified atom stereocenters. The molecule has 5 heteroatoms. The van der Waals surface area contributed by atoms with Crippen LogP contribution in [0.4, 0.5) is 5.69 Å². The summed E-state index contributed by atoms with van der Waals surface area (Å²) in [5.74, 6) is -0.248. The fourth-order valence-electron chi connectivity index (χ4n) is 2.09. The Morgan fingerprint density at radius 2 is 1.81 bits per heavy atom. The number of nitrogens with zero attached hydrogens (tertiary/aromatic N) is 2. The Hall–Kier alpha value is -1.88. The number of carbonyl (C=O) groups excluding carboxylic acids is 2. The largest absolute Gasteiger partial charge is 0.469 e. The Bertz CT molecular complexity index is 460. The van der Waals surface area contributed by atoms with E-state index < -0.39 is 0 Å². The quantitative estimate of drug-likeness (QED) is 0.721. The van der Waals surface area contributed by atoms with E-state index in [1.807, 2.05) is 56.1 Å². The highest BCUT2D eigenvalue weighted by Gasteiger charge is 2.20. The molecule has 1 aromatic carbocycles. The van der Waals surface area contributed by atoms with Crippen LogP contribution in [0.15, 0.2) is 30.3 Å². The zero-order valence-electron chi connectivity index (χ0n) is 13.2. The molecule has 0 radical (unpaired) electrons. The molecule has 0 aromatic heterocycles. The number of hydrogen-bond acceptors (Lipinski definition) is 4. The third-order valence-corrected chi connectivity index (χ3v) is 3.15. The normalized spacial score (nSPS) is 10.8. The fraction of sp³-hybridized carbons (Fsp3) is 0.500. The number of anilines is 1. The van der Waals surface area contributed by atoms with Crippen molar-refractivity contribution >= 4 is 17.6 Å². The summed E-state index contributed by atoms with van der Waals surface area (Å²) in [6.45, 7) is 4.74. The molecule has 1 amide bonds. The average Bonchev–Trinajstić information content (AvgIpc) is 2.45. The summed E-state index contributed by atoms with van der Waals surface area (Å²) in [4.78, 5) is 27.2. The van der Waals surface area contributed by atoms with Crippen LogP contribution in [0.2, 0.25) is 0 Å². The van der Waals surface area contributed by atoms with Crippen molar-refractivity contribution in [2.45, 2.75) is 26.3 Å². The topological polar surface area (TPSA) is 49.9 Å². The van der Waals surface area contributed by atoms with Crippen LogP contribution in [0.1, 0.15) is 20.3 Å². The van der Waals surface area contributed by atoms with Gasteiger partial charge in [0.05, 0.1) is 20.1 Å². The van der Waals surface area contributed by atoms with Gasteiger partial charge in [-0.05, 0) is 33.0 Å². The van der Waals surface area contributed by atoms with Crippen molar-refractivity contribution in [3.05, 3.63) is 30.3 Å². The van der Waals surface area contributed by atoms with Gasteiger partial charge in [0.1, 0.15) is 0 Å². The third kappa shape index (κ3) is 5.55. The fourth-order valence-corrected chi connectivity index (χ4v) is 2.09. The molecule has 0 spiro atoms. The highest BCUT2D eigenvalue weighted by atomic mass is 16.5. The van der Waals surface area contributed by atoms with E-state index in [1.165, 1.54) is 7.11 Å². The summed E-state index contributed by atoms with van der Waals surface area (Å²) >= 11 is 0. The summed E-state index contributed by atoms with van der Waals surface area (Å²) in [6.07, 6.45) is 0.285. The Morgan fingerprint density at radius 3 is 2.33 bits per heavy atom. The summed E-state index contributed by atoms with van der Waals surface area (Å²) in [6, 6.07) is 9.68. The number of para-hydroxylation sites is 1. The Morgan fingerprint density at radius 1 is 1.19 bits per heavy atom. The summed E-state index contributed by atoms with van der Waals surface area (Å²) in [5, 5.41) is 0. The first-order chi connectivity index (χ1) is 9.95. The first kappa shape index (κ1) is 17.2. The molecule has 0 saturated carbocycles. The Labute approximate surface area is 126 Å². The van der Waals surface area contributed by atoms with E-state index >= 15 is 0 Å². The van der Waals surface area contributed by atoms with Gasteiger partial charge in [-0.1, -0.05) is 18.2 Å². The van der Waals surface area contributed by atoms with Crippen LogP contribution in [0, 0.1) is 0 Å². The molecule has 0 aliphatic rings. The number of rotatable bonds is 7. The Kier molecular flexibility index (Phi) is 6.88. The van der Waals surface area contributed by atoms with Crippen LogP contribution in [-0.2, 0) is 14.3 Å². The Balaban J connectivity index is 2.64. The van der Waals surface area contributed by atoms with Crippen molar-refractivity contribution in [2.24, 2.45) is 0 Å². The van der Waals surface area contributed by atoms with Crippen LogP contribution in [0.5, 0.6) is 0 Å². The number of amides is 1. The zero-order chi connectivity index (χ0) is 15.8. The first-order valence-corrected chi connectivity index (χ1v) is 7.08. The molecule has 21 heavy (non-hydrogen) atoms. The molecular weight excluding hydrogens is 268 g/mol. The lowest BCUT2D eigenvalue weighted by atomic mass is 10.2. The predicted molar refractivity (Wildman–Crippen MR) is 83.2 cm³/mol. The van der Waals surface area contributed by atoms with E-state index in [0.717, 1.165) is 5.69 Å². The maximum absolute atomic E-state index is 12.5. The van der Waals surface area contributed by atoms with E-state index in [9.17, 15) is 9.59 Å². The molecule has 5 nitrogen and oxygen atoms in total. The molecule has 0 N–H and O–H groups in total. The van der Waals surface area contributed by atoms with Gasteiger partial charge in [0.15, 0.2) is 0 Å². The number of ether oxygens (including phenoxy) is 1. The van der Waals surface area contributed by atoms with Crippen LogP contribution >= 0.6 is 0 Å². The smallest absolute Gasteiger partial charge is 0.306 e. The van der Waals surface area contributed by atoms with Gasteiger partial charge < -0.3 is 9.64 Å². The van der Waals surface area contributed by atoms with E-state index in [4.69, 9.17) is 0 Å². The van der Waals surface area contributed by atoms with Crippen molar-refractivity contribution < 1.29 is 14.3 Å². The second-order valence-corrected chi connectivity index (χ2v) is 5.26. The van der Waals surface area contributed by atoms with E-state index in [1.54, 1.807) is 4.90 Å². The van der Waals surface area contributed by atoms with Crippen molar-refractivity contribution in [3.8, 4) is 0 Å². The van der Waals surface area contributed by atoms with Gasteiger partial charge in [-0.2, -0.15) is 0 Å².